The number of unbranched alkanes of at least 4 members (excludes halogenated alkanes) is 10. The van der Waals surface area contributed by atoms with E-state index in [-0.39, 0.29) is 5.91 Å². The van der Waals surface area contributed by atoms with Crippen LogP contribution in [-0.2, 0) is 4.79 Å². The van der Waals surface area contributed by atoms with E-state index in [0.29, 0.717) is 6.42 Å². The maximum Gasteiger partial charge on any atom is 0.224 e. The van der Waals surface area contributed by atoms with E-state index < -0.39 is 0 Å². The van der Waals surface area contributed by atoms with Gasteiger partial charge in [-0.05, 0) is 37.1 Å². The molecule has 0 aliphatic rings. The van der Waals surface area contributed by atoms with Gasteiger partial charge in [0.15, 0.2) is 0 Å². The molecular formula is C23H39NO2. The fraction of sp³-hybridized carbons (Fsp3) is 0.696. The molecule has 0 saturated carbocycles. The Balaban J connectivity index is 1.98. The highest BCUT2D eigenvalue weighted by atomic mass is 16.5. The largest absolute Gasteiger partial charge is 0.494 e. The Kier molecular flexibility index (Phi) is 13.6. The van der Waals surface area contributed by atoms with Crippen LogP contribution in [0.25, 0.3) is 0 Å². The summed E-state index contributed by atoms with van der Waals surface area (Å²) in [7, 11) is 0. The van der Waals surface area contributed by atoms with Gasteiger partial charge >= 0.3 is 0 Å². The van der Waals surface area contributed by atoms with Gasteiger partial charge in [0, 0.05) is 12.1 Å². The van der Waals surface area contributed by atoms with Crippen LogP contribution < -0.4 is 10.1 Å². The number of ether oxygens (including phenoxy) is 1. The van der Waals surface area contributed by atoms with Crippen LogP contribution in [0.15, 0.2) is 24.3 Å². The van der Waals surface area contributed by atoms with Crippen LogP contribution >= 0.6 is 0 Å². The van der Waals surface area contributed by atoms with Crippen LogP contribution in [-0.4, -0.2) is 12.5 Å². The van der Waals surface area contributed by atoms with Gasteiger partial charge in [-0.15, -0.1) is 0 Å². The lowest BCUT2D eigenvalue weighted by Crippen LogP contribution is -2.10. The average Bonchev–Trinajstić information content (AvgIpc) is 2.65. The summed E-state index contributed by atoms with van der Waals surface area (Å²) in [5.74, 6) is 0.971. The molecule has 3 heteroatoms. The molecule has 0 aliphatic carbocycles. The molecule has 0 bridgehead atoms. The third-order valence-corrected chi connectivity index (χ3v) is 4.62. The third kappa shape index (κ3) is 11.9. The Morgan fingerprint density at radius 1 is 0.769 bits per heavy atom. The van der Waals surface area contributed by atoms with E-state index in [1.165, 1.54) is 57.8 Å². The van der Waals surface area contributed by atoms with E-state index in [2.05, 4.69) is 19.2 Å². The summed E-state index contributed by atoms with van der Waals surface area (Å²) in [6, 6.07) is 7.63. The Labute approximate surface area is 160 Å². The van der Waals surface area contributed by atoms with Gasteiger partial charge in [-0.2, -0.15) is 0 Å². The Hall–Kier alpha value is -1.51. The number of benzene rings is 1. The normalized spacial score (nSPS) is 10.7. The van der Waals surface area contributed by atoms with Crippen molar-refractivity contribution < 1.29 is 9.53 Å². The van der Waals surface area contributed by atoms with Crippen LogP contribution in [0.3, 0.4) is 0 Å². The van der Waals surface area contributed by atoms with E-state index in [4.69, 9.17) is 4.74 Å². The van der Waals surface area contributed by atoms with Gasteiger partial charge in [-0.1, -0.05) is 78.1 Å². The smallest absolute Gasteiger partial charge is 0.224 e. The fourth-order valence-corrected chi connectivity index (χ4v) is 3.03. The molecule has 3 nitrogen and oxygen atoms in total. The highest BCUT2D eigenvalue weighted by Crippen LogP contribution is 2.17. The van der Waals surface area contributed by atoms with Gasteiger partial charge in [0.25, 0.3) is 0 Å². The minimum Gasteiger partial charge on any atom is -0.494 e. The number of carbonyl (C=O) groups excluding carboxylic acids is 1. The van der Waals surface area contributed by atoms with Crippen LogP contribution in [0.1, 0.15) is 97.3 Å². The van der Waals surface area contributed by atoms with Crippen molar-refractivity contribution in [1.29, 1.82) is 0 Å². The molecule has 26 heavy (non-hydrogen) atoms. The maximum absolute atomic E-state index is 12.0. The predicted molar refractivity (Wildman–Crippen MR) is 112 cm³/mol. The van der Waals surface area contributed by atoms with Gasteiger partial charge in [-0.3, -0.25) is 4.79 Å². The van der Waals surface area contributed by atoms with E-state index in [1.807, 2.05) is 24.3 Å². The summed E-state index contributed by atoms with van der Waals surface area (Å²) in [6.07, 6.45) is 16.0. The molecule has 1 N–H and O–H groups in total. The molecule has 0 atom stereocenters. The molecule has 0 radical (unpaired) electrons. The van der Waals surface area contributed by atoms with Crippen molar-refractivity contribution in [2.24, 2.45) is 0 Å². The molecule has 0 unspecified atom stereocenters. The first-order chi connectivity index (χ1) is 12.8. The first-order valence-corrected chi connectivity index (χ1v) is 10.8. The summed E-state index contributed by atoms with van der Waals surface area (Å²) >= 11 is 0. The molecule has 1 aromatic rings. The Bertz CT molecular complexity index is 456. The quantitative estimate of drug-likeness (QED) is 0.318. The van der Waals surface area contributed by atoms with Crippen molar-refractivity contribution in [2.45, 2.75) is 97.3 Å². The van der Waals surface area contributed by atoms with Gasteiger partial charge in [-0.25, -0.2) is 0 Å². The van der Waals surface area contributed by atoms with Crippen molar-refractivity contribution in [3.63, 3.8) is 0 Å². The molecule has 0 spiro atoms. The van der Waals surface area contributed by atoms with Crippen LogP contribution in [0.4, 0.5) is 5.69 Å². The number of rotatable bonds is 16. The van der Waals surface area contributed by atoms with Crippen LogP contribution in [0, 0.1) is 0 Å². The number of amides is 1. The molecule has 0 fully saturated rings. The monoisotopic (exact) mass is 361 g/mol. The van der Waals surface area contributed by atoms with Gasteiger partial charge in [0.1, 0.15) is 5.75 Å². The first kappa shape index (κ1) is 22.5. The number of anilines is 1. The van der Waals surface area contributed by atoms with Crippen molar-refractivity contribution in [2.75, 3.05) is 11.9 Å². The maximum atomic E-state index is 12.0. The summed E-state index contributed by atoms with van der Waals surface area (Å²) < 4.78 is 5.55. The Morgan fingerprint density at radius 2 is 1.31 bits per heavy atom. The molecule has 0 aliphatic heterocycles. The summed E-state index contributed by atoms with van der Waals surface area (Å²) in [5, 5.41) is 2.97. The lowest BCUT2D eigenvalue weighted by Gasteiger charge is -2.08. The van der Waals surface area contributed by atoms with E-state index in [0.717, 1.165) is 37.3 Å². The Morgan fingerprint density at radius 3 is 1.85 bits per heavy atom. The molecule has 1 aromatic carbocycles. The van der Waals surface area contributed by atoms with Crippen LogP contribution in [0.5, 0.6) is 5.75 Å². The van der Waals surface area contributed by atoms with Gasteiger partial charge in [0.2, 0.25) is 5.91 Å². The zero-order valence-electron chi connectivity index (χ0n) is 17.0. The molecule has 148 valence electrons. The standard InChI is InChI=1S/C23H39NO2/c1-3-5-6-7-8-9-10-11-12-13-14-15-23(25)24-21-16-18-22(19-17-21)26-20-4-2/h16-19H,3-15,20H2,1-2H3,(H,24,25). The number of hydrogen-bond acceptors (Lipinski definition) is 2. The van der Waals surface area contributed by atoms with Crippen molar-refractivity contribution in [3.8, 4) is 5.75 Å². The minimum atomic E-state index is 0.114. The third-order valence-electron chi connectivity index (χ3n) is 4.62. The lowest BCUT2D eigenvalue weighted by molar-refractivity contribution is -0.116. The second-order valence-corrected chi connectivity index (χ2v) is 7.21. The van der Waals surface area contributed by atoms with E-state index in [9.17, 15) is 4.79 Å². The number of hydrogen-bond donors (Lipinski definition) is 1. The summed E-state index contributed by atoms with van der Waals surface area (Å²) in [5.41, 5.74) is 0.849. The van der Waals surface area contributed by atoms with Crippen molar-refractivity contribution in [1.82, 2.24) is 0 Å². The molecule has 0 heterocycles. The number of nitrogens with one attached hydrogen (secondary N) is 1. The van der Waals surface area contributed by atoms with Crippen molar-refractivity contribution >= 4 is 11.6 Å². The molecular weight excluding hydrogens is 322 g/mol. The van der Waals surface area contributed by atoms with E-state index in [1.54, 1.807) is 0 Å². The van der Waals surface area contributed by atoms with Gasteiger partial charge in [0.05, 0.1) is 6.61 Å². The van der Waals surface area contributed by atoms with Gasteiger partial charge < -0.3 is 10.1 Å². The summed E-state index contributed by atoms with van der Waals surface area (Å²) in [4.78, 5) is 12.0. The molecule has 1 amide bonds. The fourth-order valence-electron chi connectivity index (χ4n) is 3.03. The zero-order valence-corrected chi connectivity index (χ0v) is 17.0. The first-order valence-electron chi connectivity index (χ1n) is 10.8. The lowest BCUT2D eigenvalue weighted by atomic mass is 10.1. The van der Waals surface area contributed by atoms with E-state index >= 15 is 0 Å². The molecule has 0 aromatic heterocycles. The minimum absolute atomic E-state index is 0.114. The van der Waals surface area contributed by atoms with Crippen molar-refractivity contribution in [3.05, 3.63) is 24.3 Å². The molecule has 1 rings (SSSR count). The zero-order chi connectivity index (χ0) is 18.9. The predicted octanol–water partition coefficient (Wildman–Crippen LogP) is 7.12. The SMILES string of the molecule is CCCCCCCCCCCCCC(=O)Nc1ccc(OCCC)cc1. The highest BCUT2D eigenvalue weighted by Gasteiger charge is 2.03. The highest BCUT2D eigenvalue weighted by molar-refractivity contribution is 5.90. The van der Waals surface area contributed by atoms with Crippen LogP contribution in [0.2, 0.25) is 0 Å². The molecule has 0 saturated heterocycles. The second-order valence-electron chi connectivity index (χ2n) is 7.21. The average molecular weight is 362 g/mol. The number of carbonyl (C=O) groups is 1. The second kappa shape index (κ2) is 15.7. The topological polar surface area (TPSA) is 38.3 Å². The summed E-state index contributed by atoms with van der Waals surface area (Å²) in [6.45, 7) is 5.08.